The van der Waals surface area contributed by atoms with Gasteiger partial charge in [0.1, 0.15) is 6.04 Å². The molecule has 21 heavy (non-hydrogen) atoms. The van der Waals surface area contributed by atoms with Gasteiger partial charge in [-0.3, -0.25) is 9.59 Å². The molecule has 5 N–H and O–H groups in total. The van der Waals surface area contributed by atoms with Gasteiger partial charge in [0.15, 0.2) is 0 Å². The standard InChI is InChI=1S/C12H20N4O5/c1-16-6-7(2-5-10(16)18)14-12(21)15-8(11(19)20)3-4-9(13)17/h7-8H,2-6H2,1H3,(H2,13,17)(H,19,20)(H2,14,15,21)/t7?,8-/m1/s1. The molecule has 0 aromatic rings. The maximum absolute atomic E-state index is 11.8. The van der Waals surface area contributed by atoms with Gasteiger partial charge in [-0.2, -0.15) is 0 Å². The molecule has 1 fully saturated rings. The Morgan fingerprint density at radius 2 is 2.14 bits per heavy atom. The molecule has 1 unspecified atom stereocenters. The van der Waals surface area contributed by atoms with E-state index in [2.05, 4.69) is 10.6 Å². The average molecular weight is 300 g/mol. The summed E-state index contributed by atoms with van der Waals surface area (Å²) in [5.74, 6) is -1.85. The summed E-state index contributed by atoms with van der Waals surface area (Å²) in [7, 11) is 1.64. The highest BCUT2D eigenvalue weighted by Gasteiger charge is 2.26. The number of rotatable bonds is 6. The maximum Gasteiger partial charge on any atom is 0.326 e. The molecule has 2 atom stereocenters. The predicted molar refractivity (Wildman–Crippen MR) is 72.2 cm³/mol. The zero-order valence-corrected chi connectivity index (χ0v) is 11.8. The number of amides is 4. The summed E-state index contributed by atoms with van der Waals surface area (Å²) in [6.07, 6.45) is 0.653. The van der Waals surface area contributed by atoms with E-state index in [0.717, 1.165) is 0 Å². The lowest BCUT2D eigenvalue weighted by atomic mass is 10.1. The zero-order valence-electron chi connectivity index (χ0n) is 11.8. The topological polar surface area (TPSA) is 142 Å². The van der Waals surface area contributed by atoms with E-state index >= 15 is 0 Å². The number of likely N-dealkylation sites (N-methyl/N-ethyl adjacent to an activating group) is 1. The smallest absolute Gasteiger partial charge is 0.326 e. The van der Waals surface area contributed by atoms with Crippen molar-refractivity contribution in [3.8, 4) is 0 Å². The summed E-state index contributed by atoms with van der Waals surface area (Å²) < 4.78 is 0. The van der Waals surface area contributed by atoms with Crippen LogP contribution in [-0.4, -0.2) is 59.5 Å². The highest BCUT2D eigenvalue weighted by atomic mass is 16.4. The first kappa shape index (κ1) is 16.7. The minimum atomic E-state index is -1.23. The summed E-state index contributed by atoms with van der Waals surface area (Å²) in [4.78, 5) is 46.2. The number of carbonyl (C=O) groups excluding carboxylic acids is 3. The molecule has 1 heterocycles. The first-order chi connectivity index (χ1) is 9.79. The minimum absolute atomic E-state index is 0.0123. The third-order valence-electron chi connectivity index (χ3n) is 3.24. The zero-order chi connectivity index (χ0) is 16.0. The van der Waals surface area contributed by atoms with Crippen molar-refractivity contribution in [2.24, 2.45) is 5.73 Å². The highest BCUT2D eigenvalue weighted by molar-refractivity contribution is 5.84. The van der Waals surface area contributed by atoms with Crippen LogP contribution in [0, 0.1) is 0 Å². The number of urea groups is 1. The predicted octanol–water partition coefficient (Wildman–Crippen LogP) is -1.37. The van der Waals surface area contributed by atoms with Crippen LogP contribution in [-0.2, 0) is 14.4 Å². The SMILES string of the molecule is CN1CC(NC(=O)N[C@H](CCC(N)=O)C(=O)O)CCC1=O. The van der Waals surface area contributed by atoms with Crippen molar-refractivity contribution >= 4 is 23.8 Å². The van der Waals surface area contributed by atoms with Crippen molar-refractivity contribution in [3.05, 3.63) is 0 Å². The number of nitrogens with two attached hydrogens (primary N) is 1. The molecule has 0 aromatic carbocycles. The number of hydrogen-bond donors (Lipinski definition) is 4. The Kier molecular flexibility index (Phi) is 5.94. The van der Waals surface area contributed by atoms with Crippen LogP contribution in [0.15, 0.2) is 0 Å². The summed E-state index contributed by atoms with van der Waals surface area (Å²) in [6.45, 7) is 0.380. The van der Waals surface area contributed by atoms with E-state index in [4.69, 9.17) is 10.8 Å². The average Bonchev–Trinajstić information content (AvgIpc) is 2.38. The lowest BCUT2D eigenvalue weighted by Gasteiger charge is -2.30. The van der Waals surface area contributed by atoms with Crippen LogP contribution in [0.1, 0.15) is 25.7 Å². The molecule has 0 bridgehead atoms. The summed E-state index contributed by atoms with van der Waals surface area (Å²) in [5, 5.41) is 13.9. The van der Waals surface area contributed by atoms with Crippen LogP contribution in [0.2, 0.25) is 0 Å². The van der Waals surface area contributed by atoms with Gasteiger partial charge in [0, 0.05) is 32.5 Å². The van der Waals surface area contributed by atoms with Gasteiger partial charge in [-0.1, -0.05) is 0 Å². The highest BCUT2D eigenvalue weighted by Crippen LogP contribution is 2.09. The van der Waals surface area contributed by atoms with E-state index < -0.39 is 23.9 Å². The van der Waals surface area contributed by atoms with Gasteiger partial charge in [0.05, 0.1) is 0 Å². The molecule has 0 saturated carbocycles. The maximum atomic E-state index is 11.8. The first-order valence-electron chi connectivity index (χ1n) is 6.61. The molecule has 1 aliphatic heterocycles. The molecule has 0 radical (unpaired) electrons. The quantitative estimate of drug-likeness (QED) is 0.478. The molecule has 0 aliphatic carbocycles. The Morgan fingerprint density at radius 3 is 2.67 bits per heavy atom. The van der Waals surface area contributed by atoms with Crippen LogP contribution in [0.3, 0.4) is 0 Å². The monoisotopic (exact) mass is 300 g/mol. The molecular formula is C12H20N4O5. The number of carbonyl (C=O) groups is 4. The second-order valence-electron chi connectivity index (χ2n) is 5.02. The van der Waals surface area contributed by atoms with Gasteiger partial charge in [0.25, 0.3) is 0 Å². The van der Waals surface area contributed by atoms with Crippen molar-refractivity contribution in [1.82, 2.24) is 15.5 Å². The third kappa shape index (κ3) is 5.67. The van der Waals surface area contributed by atoms with E-state index in [9.17, 15) is 19.2 Å². The molecule has 1 rings (SSSR count). The largest absolute Gasteiger partial charge is 0.480 e. The number of piperidine rings is 1. The summed E-state index contributed by atoms with van der Waals surface area (Å²) >= 11 is 0. The number of hydrogen-bond acceptors (Lipinski definition) is 4. The molecule has 118 valence electrons. The van der Waals surface area contributed by atoms with Gasteiger partial charge in [-0.05, 0) is 12.8 Å². The van der Waals surface area contributed by atoms with Crippen molar-refractivity contribution in [1.29, 1.82) is 0 Å². The lowest BCUT2D eigenvalue weighted by Crippen LogP contribution is -2.53. The fourth-order valence-electron chi connectivity index (χ4n) is 2.06. The number of nitrogens with zero attached hydrogens (tertiary/aromatic N) is 1. The number of carboxylic acids is 1. The van der Waals surface area contributed by atoms with Crippen LogP contribution < -0.4 is 16.4 Å². The van der Waals surface area contributed by atoms with Gasteiger partial charge < -0.3 is 26.4 Å². The van der Waals surface area contributed by atoms with E-state index in [1.165, 1.54) is 4.90 Å². The summed E-state index contributed by atoms with van der Waals surface area (Å²) in [5.41, 5.74) is 4.95. The molecule has 9 nitrogen and oxygen atoms in total. The van der Waals surface area contributed by atoms with E-state index in [1.807, 2.05) is 0 Å². The molecule has 1 saturated heterocycles. The fraction of sp³-hybridized carbons (Fsp3) is 0.667. The fourth-order valence-corrected chi connectivity index (χ4v) is 2.06. The van der Waals surface area contributed by atoms with Crippen molar-refractivity contribution < 1.29 is 24.3 Å². The third-order valence-corrected chi connectivity index (χ3v) is 3.24. The van der Waals surface area contributed by atoms with E-state index in [1.54, 1.807) is 7.05 Å². The Morgan fingerprint density at radius 1 is 1.48 bits per heavy atom. The van der Waals surface area contributed by atoms with Gasteiger partial charge in [0.2, 0.25) is 11.8 Å². The van der Waals surface area contributed by atoms with Crippen molar-refractivity contribution in [3.63, 3.8) is 0 Å². The second kappa shape index (κ2) is 7.46. The molecular weight excluding hydrogens is 280 g/mol. The lowest BCUT2D eigenvalue weighted by molar-refractivity contribution is -0.139. The number of primary amides is 1. The number of aliphatic carboxylic acids is 1. The van der Waals surface area contributed by atoms with Crippen LogP contribution >= 0.6 is 0 Å². The van der Waals surface area contributed by atoms with Crippen LogP contribution in [0.4, 0.5) is 4.79 Å². The van der Waals surface area contributed by atoms with E-state index in [-0.39, 0.29) is 24.8 Å². The molecule has 1 aliphatic rings. The number of likely N-dealkylation sites (tertiary alicyclic amines) is 1. The molecule has 4 amide bonds. The molecule has 9 heteroatoms. The Hall–Kier alpha value is -2.32. The van der Waals surface area contributed by atoms with Crippen LogP contribution in [0.25, 0.3) is 0 Å². The van der Waals surface area contributed by atoms with Gasteiger partial charge >= 0.3 is 12.0 Å². The number of carboxylic acid groups (broad SMARTS) is 1. The Labute approximate surface area is 121 Å². The van der Waals surface area contributed by atoms with E-state index in [0.29, 0.717) is 19.4 Å². The number of nitrogens with one attached hydrogen (secondary N) is 2. The molecule has 0 spiro atoms. The van der Waals surface area contributed by atoms with Crippen molar-refractivity contribution in [2.45, 2.75) is 37.8 Å². The minimum Gasteiger partial charge on any atom is -0.480 e. The summed E-state index contributed by atoms with van der Waals surface area (Å²) in [6, 6.07) is -2.04. The Balaban J connectivity index is 2.44. The molecule has 0 aromatic heterocycles. The Bertz CT molecular complexity index is 439. The van der Waals surface area contributed by atoms with Crippen LogP contribution in [0.5, 0.6) is 0 Å². The van der Waals surface area contributed by atoms with Crippen molar-refractivity contribution in [2.75, 3.05) is 13.6 Å². The normalized spacial score (nSPS) is 19.8. The second-order valence-corrected chi connectivity index (χ2v) is 5.02. The first-order valence-corrected chi connectivity index (χ1v) is 6.61. The van der Waals surface area contributed by atoms with Gasteiger partial charge in [-0.15, -0.1) is 0 Å². The van der Waals surface area contributed by atoms with Gasteiger partial charge in [-0.25, -0.2) is 9.59 Å².